The minimum atomic E-state index is 0.00672. The van der Waals surface area contributed by atoms with Gasteiger partial charge in [-0.2, -0.15) is 0 Å². The molecule has 0 saturated carbocycles. The number of hydrogen-bond donors (Lipinski definition) is 1. The van der Waals surface area contributed by atoms with Crippen LogP contribution in [-0.4, -0.2) is 57.4 Å². The molecule has 0 atom stereocenters. The zero-order valence-corrected chi connectivity index (χ0v) is 13.8. The molecule has 6 nitrogen and oxygen atoms in total. The molecule has 1 aliphatic heterocycles. The van der Waals surface area contributed by atoms with Crippen LogP contribution < -0.4 is 19.7 Å². The van der Waals surface area contributed by atoms with E-state index in [0.717, 1.165) is 30.3 Å². The summed E-state index contributed by atoms with van der Waals surface area (Å²) in [6.45, 7) is 6.87. The fraction of sp³-hybridized carbons (Fsp3) is 0.562. The summed E-state index contributed by atoms with van der Waals surface area (Å²) in [6.07, 6.45) is 0. The Bertz CT molecular complexity index is 511. The maximum Gasteiger partial charge on any atom is 0.317 e. The van der Waals surface area contributed by atoms with Crippen molar-refractivity contribution >= 4 is 11.7 Å². The lowest BCUT2D eigenvalue weighted by molar-refractivity contribution is 0.191. The van der Waals surface area contributed by atoms with Gasteiger partial charge in [-0.3, -0.25) is 0 Å². The lowest BCUT2D eigenvalue weighted by Gasteiger charge is -2.37. The molecule has 2 amide bonds. The first-order chi connectivity index (χ1) is 10.5. The van der Waals surface area contributed by atoms with Crippen LogP contribution in [0.4, 0.5) is 10.5 Å². The zero-order valence-electron chi connectivity index (χ0n) is 13.8. The molecule has 1 aliphatic rings. The highest BCUT2D eigenvalue weighted by atomic mass is 16.5. The van der Waals surface area contributed by atoms with E-state index in [9.17, 15) is 4.79 Å². The van der Waals surface area contributed by atoms with Crippen LogP contribution >= 0.6 is 0 Å². The Morgan fingerprint density at radius 3 is 2.36 bits per heavy atom. The van der Waals surface area contributed by atoms with Crippen LogP contribution in [0.3, 0.4) is 0 Å². The Hall–Kier alpha value is -2.11. The van der Waals surface area contributed by atoms with E-state index >= 15 is 0 Å². The monoisotopic (exact) mass is 307 g/mol. The zero-order chi connectivity index (χ0) is 16.1. The van der Waals surface area contributed by atoms with Gasteiger partial charge in [-0.1, -0.05) is 0 Å². The van der Waals surface area contributed by atoms with E-state index < -0.39 is 0 Å². The summed E-state index contributed by atoms with van der Waals surface area (Å²) in [5.74, 6) is 1.62. The van der Waals surface area contributed by atoms with Gasteiger partial charge in [-0.05, 0) is 26.0 Å². The number of carbonyl (C=O) groups is 1. The van der Waals surface area contributed by atoms with Gasteiger partial charge in [0.05, 0.1) is 19.9 Å². The van der Waals surface area contributed by atoms with Crippen molar-refractivity contribution in [3.05, 3.63) is 18.2 Å². The van der Waals surface area contributed by atoms with Gasteiger partial charge in [-0.15, -0.1) is 0 Å². The molecular formula is C16H25N3O3. The lowest BCUT2D eigenvalue weighted by atomic mass is 10.2. The van der Waals surface area contributed by atoms with Crippen molar-refractivity contribution in [3.63, 3.8) is 0 Å². The predicted molar refractivity (Wildman–Crippen MR) is 87.0 cm³/mol. The standard InChI is InChI=1S/C16H25N3O3/c1-12(2)17-16(20)19-9-7-18(8-10-19)14-11-13(21-3)5-6-15(14)22-4/h5-6,11-12H,7-10H2,1-4H3,(H,17,20). The van der Waals surface area contributed by atoms with Crippen molar-refractivity contribution in [2.45, 2.75) is 19.9 Å². The second-order valence-electron chi connectivity index (χ2n) is 5.62. The molecule has 0 bridgehead atoms. The minimum absolute atomic E-state index is 0.00672. The van der Waals surface area contributed by atoms with Crippen molar-refractivity contribution in [2.24, 2.45) is 0 Å². The second kappa shape index (κ2) is 7.24. The first kappa shape index (κ1) is 16.3. The van der Waals surface area contributed by atoms with Gasteiger partial charge in [0.2, 0.25) is 0 Å². The van der Waals surface area contributed by atoms with Crippen LogP contribution in [-0.2, 0) is 0 Å². The van der Waals surface area contributed by atoms with Gasteiger partial charge in [0.1, 0.15) is 11.5 Å². The largest absolute Gasteiger partial charge is 0.497 e. The van der Waals surface area contributed by atoms with Gasteiger partial charge >= 0.3 is 6.03 Å². The minimum Gasteiger partial charge on any atom is -0.497 e. The van der Waals surface area contributed by atoms with Crippen molar-refractivity contribution in [3.8, 4) is 11.5 Å². The number of anilines is 1. The van der Waals surface area contributed by atoms with E-state index in [4.69, 9.17) is 9.47 Å². The Balaban J connectivity index is 2.03. The molecular weight excluding hydrogens is 282 g/mol. The number of urea groups is 1. The number of nitrogens with one attached hydrogen (secondary N) is 1. The van der Waals surface area contributed by atoms with E-state index in [2.05, 4.69) is 10.2 Å². The highest BCUT2D eigenvalue weighted by Crippen LogP contribution is 2.32. The molecule has 1 heterocycles. The third-order valence-electron chi connectivity index (χ3n) is 3.71. The molecule has 1 aromatic carbocycles. The molecule has 0 spiro atoms. The molecule has 0 aromatic heterocycles. The van der Waals surface area contributed by atoms with Crippen molar-refractivity contribution in [1.82, 2.24) is 10.2 Å². The maximum atomic E-state index is 12.0. The van der Waals surface area contributed by atoms with E-state index in [0.29, 0.717) is 13.1 Å². The molecule has 1 aromatic rings. The molecule has 0 radical (unpaired) electrons. The van der Waals surface area contributed by atoms with E-state index in [1.54, 1.807) is 14.2 Å². The third-order valence-corrected chi connectivity index (χ3v) is 3.71. The van der Waals surface area contributed by atoms with E-state index in [-0.39, 0.29) is 12.1 Å². The molecule has 0 unspecified atom stereocenters. The fourth-order valence-corrected chi connectivity index (χ4v) is 2.53. The van der Waals surface area contributed by atoms with E-state index in [1.165, 1.54) is 0 Å². The third kappa shape index (κ3) is 3.75. The molecule has 1 fully saturated rings. The topological polar surface area (TPSA) is 54.0 Å². The number of methoxy groups -OCH3 is 2. The van der Waals surface area contributed by atoms with Crippen LogP contribution in [0, 0.1) is 0 Å². The summed E-state index contributed by atoms with van der Waals surface area (Å²) in [7, 11) is 3.32. The van der Waals surface area contributed by atoms with Crippen molar-refractivity contribution in [2.75, 3.05) is 45.3 Å². The smallest absolute Gasteiger partial charge is 0.317 e. The lowest BCUT2D eigenvalue weighted by Crippen LogP contribution is -2.53. The molecule has 122 valence electrons. The van der Waals surface area contributed by atoms with Gasteiger partial charge in [0.15, 0.2) is 0 Å². The average molecular weight is 307 g/mol. The molecule has 6 heteroatoms. The summed E-state index contributed by atoms with van der Waals surface area (Å²) in [4.78, 5) is 16.1. The number of benzene rings is 1. The first-order valence-electron chi connectivity index (χ1n) is 7.57. The van der Waals surface area contributed by atoms with Gasteiger partial charge in [0, 0.05) is 38.3 Å². The number of piperazine rings is 1. The summed E-state index contributed by atoms with van der Waals surface area (Å²) in [6, 6.07) is 5.93. The molecule has 22 heavy (non-hydrogen) atoms. The van der Waals surface area contributed by atoms with Crippen molar-refractivity contribution < 1.29 is 14.3 Å². The van der Waals surface area contributed by atoms with Crippen molar-refractivity contribution in [1.29, 1.82) is 0 Å². The van der Waals surface area contributed by atoms with Crippen LogP contribution in [0.25, 0.3) is 0 Å². The van der Waals surface area contributed by atoms with Crippen LogP contribution in [0.1, 0.15) is 13.8 Å². The SMILES string of the molecule is COc1ccc(OC)c(N2CCN(C(=O)NC(C)C)CC2)c1. The van der Waals surface area contributed by atoms with Gasteiger partial charge in [-0.25, -0.2) is 4.79 Å². The Morgan fingerprint density at radius 1 is 1.14 bits per heavy atom. The van der Waals surface area contributed by atoms with Crippen LogP contribution in [0.5, 0.6) is 11.5 Å². The molecule has 1 N–H and O–H groups in total. The summed E-state index contributed by atoms with van der Waals surface area (Å²) in [5.41, 5.74) is 1.01. The van der Waals surface area contributed by atoms with Gasteiger partial charge < -0.3 is 24.6 Å². The summed E-state index contributed by atoms with van der Waals surface area (Å²) in [5, 5.41) is 2.93. The Labute approximate surface area is 132 Å². The number of rotatable bonds is 4. The maximum absolute atomic E-state index is 12.0. The number of nitrogens with zero attached hydrogens (tertiary/aromatic N) is 2. The molecule has 2 rings (SSSR count). The highest BCUT2D eigenvalue weighted by Gasteiger charge is 2.23. The predicted octanol–water partition coefficient (Wildman–Crippen LogP) is 1.94. The first-order valence-corrected chi connectivity index (χ1v) is 7.57. The van der Waals surface area contributed by atoms with E-state index in [1.807, 2.05) is 36.9 Å². The molecule has 1 saturated heterocycles. The fourth-order valence-electron chi connectivity index (χ4n) is 2.53. The summed E-state index contributed by atoms with van der Waals surface area (Å²) >= 11 is 0. The quantitative estimate of drug-likeness (QED) is 0.924. The van der Waals surface area contributed by atoms with Gasteiger partial charge in [0.25, 0.3) is 0 Å². The number of ether oxygens (including phenoxy) is 2. The van der Waals surface area contributed by atoms with Crippen LogP contribution in [0.2, 0.25) is 0 Å². The normalized spacial score (nSPS) is 15.0. The number of carbonyl (C=O) groups excluding carboxylic acids is 1. The number of hydrogen-bond acceptors (Lipinski definition) is 4. The summed E-state index contributed by atoms with van der Waals surface area (Å²) < 4.78 is 10.7. The Kier molecular flexibility index (Phi) is 5.35. The number of amides is 2. The second-order valence-corrected chi connectivity index (χ2v) is 5.62. The van der Waals surface area contributed by atoms with Crippen LogP contribution in [0.15, 0.2) is 18.2 Å². The highest BCUT2D eigenvalue weighted by molar-refractivity contribution is 5.75. The average Bonchev–Trinajstić information content (AvgIpc) is 2.53. The Morgan fingerprint density at radius 2 is 1.82 bits per heavy atom. The molecule has 0 aliphatic carbocycles.